The molecule has 7 heteroatoms. The van der Waals surface area contributed by atoms with E-state index in [4.69, 9.17) is 4.74 Å². The first-order valence-electron chi connectivity index (χ1n) is 9.23. The average Bonchev–Trinajstić information content (AvgIpc) is 3.34. The number of aliphatic imine (C=N–C) groups is 1. The van der Waals surface area contributed by atoms with E-state index in [1.807, 2.05) is 13.1 Å². The Morgan fingerprint density at radius 2 is 2.15 bits per heavy atom. The molecular weight excluding hydrogens is 459 g/mol. The smallest absolute Gasteiger partial charge is 0.191 e. The van der Waals surface area contributed by atoms with Gasteiger partial charge in [0.2, 0.25) is 0 Å². The van der Waals surface area contributed by atoms with Gasteiger partial charge in [-0.15, -0.1) is 24.0 Å². The molecule has 1 aromatic rings. The summed E-state index contributed by atoms with van der Waals surface area (Å²) in [6.07, 6.45) is 3.89. The predicted molar refractivity (Wildman–Crippen MR) is 124 cm³/mol. The van der Waals surface area contributed by atoms with Crippen LogP contribution in [0.4, 0.5) is 5.69 Å². The van der Waals surface area contributed by atoms with Crippen molar-refractivity contribution in [2.75, 3.05) is 51.0 Å². The van der Waals surface area contributed by atoms with E-state index >= 15 is 0 Å². The summed E-state index contributed by atoms with van der Waals surface area (Å²) >= 11 is 2.08. The van der Waals surface area contributed by atoms with Gasteiger partial charge in [0.1, 0.15) is 5.75 Å². The van der Waals surface area contributed by atoms with Crippen LogP contribution in [0.15, 0.2) is 29.3 Å². The highest BCUT2D eigenvalue weighted by Gasteiger charge is 2.23. The third-order valence-corrected chi connectivity index (χ3v) is 6.41. The van der Waals surface area contributed by atoms with Crippen LogP contribution >= 0.6 is 35.7 Å². The standard InChI is InChI=1S/C19H30N4OS.HI/c1-20-19(22-13-18-7-4-10-25-18)21-12-15-8-9-23(14-15)16-5-3-6-17(11-16)24-2;/h3,5-6,11,15,18H,4,7-10,12-14H2,1-2H3,(H2,20,21,22);1H. The molecule has 2 fully saturated rings. The molecule has 2 aliphatic rings. The van der Waals surface area contributed by atoms with Crippen LogP contribution in [0.1, 0.15) is 19.3 Å². The molecule has 0 amide bonds. The topological polar surface area (TPSA) is 48.9 Å². The molecule has 2 heterocycles. The first-order chi connectivity index (χ1) is 12.3. The van der Waals surface area contributed by atoms with Crippen molar-refractivity contribution >= 4 is 47.4 Å². The highest BCUT2D eigenvalue weighted by Crippen LogP contribution is 2.27. The Hall–Kier alpha value is -0.830. The summed E-state index contributed by atoms with van der Waals surface area (Å²) in [5.41, 5.74) is 1.25. The van der Waals surface area contributed by atoms with Gasteiger partial charge in [-0.05, 0) is 43.1 Å². The van der Waals surface area contributed by atoms with E-state index in [2.05, 4.69) is 50.5 Å². The number of hydrogen-bond acceptors (Lipinski definition) is 4. The van der Waals surface area contributed by atoms with Gasteiger partial charge >= 0.3 is 0 Å². The number of nitrogens with one attached hydrogen (secondary N) is 2. The maximum Gasteiger partial charge on any atom is 0.191 e. The fraction of sp³-hybridized carbons (Fsp3) is 0.632. The Bertz CT molecular complexity index is 580. The number of rotatable bonds is 6. The zero-order chi connectivity index (χ0) is 17.5. The van der Waals surface area contributed by atoms with E-state index in [0.29, 0.717) is 5.92 Å². The van der Waals surface area contributed by atoms with Gasteiger partial charge < -0.3 is 20.3 Å². The van der Waals surface area contributed by atoms with Crippen molar-refractivity contribution in [2.24, 2.45) is 10.9 Å². The monoisotopic (exact) mass is 490 g/mol. The summed E-state index contributed by atoms with van der Waals surface area (Å²) in [4.78, 5) is 6.81. The Morgan fingerprint density at radius 1 is 1.31 bits per heavy atom. The zero-order valence-corrected chi connectivity index (χ0v) is 18.9. The molecule has 146 valence electrons. The molecule has 2 N–H and O–H groups in total. The van der Waals surface area contributed by atoms with Crippen molar-refractivity contribution in [3.05, 3.63) is 24.3 Å². The lowest BCUT2D eigenvalue weighted by Crippen LogP contribution is -2.42. The second kappa shape index (κ2) is 11.1. The summed E-state index contributed by atoms with van der Waals surface area (Å²) in [5, 5.41) is 7.73. The largest absolute Gasteiger partial charge is 0.497 e. The maximum atomic E-state index is 5.34. The van der Waals surface area contributed by atoms with E-state index in [9.17, 15) is 0 Å². The number of thioether (sulfide) groups is 1. The predicted octanol–water partition coefficient (Wildman–Crippen LogP) is 3.20. The summed E-state index contributed by atoms with van der Waals surface area (Å²) < 4.78 is 5.34. The number of nitrogens with zero attached hydrogens (tertiary/aromatic N) is 2. The van der Waals surface area contributed by atoms with Crippen LogP contribution in [0, 0.1) is 5.92 Å². The van der Waals surface area contributed by atoms with E-state index in [1.165, 1.54) is 30.7 Å². The van der Waals surface area contributed by atoms with Crippen molar-refractivity contribution in [1.82, 2.24) is 10.6 Å². The van der Waals surface area contributed by atoms with Gasteiger partial charge in [-0.3, -0.25) is 4.99 Å². The van der Waals surface area contributed by atoms with Crippen LogP contribution < -0.4 is 20.3 Å². The van der Waals surface area contributed by atoms with Crippen LogP contribution in [-0.4, -0.2) is 57.3 Å². The molecule has 0 bridgehead atoms. The summed E-state index contributed by atoms with van der Waals surface area (Å²) in [5.74, 6) is 3.81. The van der Waals surface area contributed by atoms with Gasteiger partial charge in [0.25, 0.3) is 0 Å². The molecule has 3 rings (SSSR count). The molecule has 2 atom stereocenters. The van der Waals surface area contributed by atoms with E-state index < -0.39 is 0 Å². The third kappa shape index (κ3) is 6.11. The molecule has 0 aromatic heterocycles. The molecule has 0 saturated carbocycles. The Kier molecular flexibility index (Phi) is 9.18. The molecule has 1 aromatic carbocycles. The minimum Gasteiger partial charge on any atom is -0.497 e. The van der Waals surface area contributed by atoms with Gasteiger partial charge in [-0.25, -0.2) is 0 Å². The Balaban J connectivity index is 0.00000243. The van der Waals surface area contributed by atoms with Crippen LogP contribution in [0.2, 0.25) is 0 Å². The number of benzene rings is 1. The van der Waals surface area contributed by atoms with Crippen molar-refractivity contribution in [1.29, 1.82) is 0 Å². The number of hydrogen-bond donors (Lipinski definition) is 2. The van der Waals surface area contributed by atoms with Crippen LogP contribution in [0.5, 0.6) is 5.75 Å². The van der Waals surface area contributed by atoms with Gasteiger partial charge in [-0.2, -0.15) is 11.8 Å². The average molecular weight is 490 g/mol. The Labute approximate surface area is 178 Å². The SMILES string of the molecule is CN=C(NCC1CCN(c2cccc(OC)c2)C1)NCC1CCCS1.I. The fourth-order valence-electron chi connectivity index (χ4n) is 3.52. The highest BCUT2D eigenvalue weighted by atomic mass is 127. The summed E-state index contributed by atoms with van der Waals surface area (Å²) in [6, 6.07) is 8.34. The minimum absolute atomic E-state index is 0. The molecule has 0 spiro atoms. The normalized spacial score (nSPS) is 22.8. The lowest BCUT2D eigenvalue weighted by molar-refractivity contribution is 0.415. The zero-order valence-electron chi connectivity index (χ0n) is 15.7. The number of guanidine groups is 1. The first-order valence-corrected chi connectivity index (χ1v) is 10.3. The molecular formula is C19H31IN4OS. The van der Waals surface area contributed by atoms with Gasteiger partial charge in [0, 0.05) is 50.2 Å². The lowest BCUT2D eigenvalue weighted by Gasteiger charge is -2.20. The van der Waals surface area contributed by atoms with Gasteiger partial charge in [0.05, 0.1) is 7.11 Å². The molecule has 5 nitrogen and oxygen atoms in total. The van der Waals surface area contributed by atoms with Crippen molar-refractivity contribution < 1.29 is 4.74 Å². The lowest BCUT2D eigenvalue weighted by atomic mass is 10.1. The van der Waals surface area contributed by atoms with Gasteiger partial charge in [0.15, 0.2) is 5.96 Å². The van der Waals surface area contributed by atoms with Gasteiger partial charge in [-0.1, -0.05) is 6.07 Å². The molecule has 0 aliphatic carbocycles. The second-order valence-electron chi connectivity index (χ2n) is 6.77. The van der Waals surface area contributed by atoms with Crippen LogP contribution in [0.25, 0.3) is 0 Å². The molecule has 2 saturated heterocycles. The number of ether oxygens (including phenoxy) is 1. The van der Waals surface area contributed by atoms with E-state index in [1.54, 1.807) is 7.11 Å². The van der Waals surface area contributed by atoms with E-state index in [0.717, 1.165) is 43.1 Å². The van der Waals surface area contributed by atoms with Crippen LogP contribution in [0.3, 0.4) is 0 Å². The first kappa shape index (κ1) is 21.5. The number of anilines is 1. The summed E-state index contributed by atoms with van der Waals surface area (Å²) in [7, 11) is 3.58. The molecule has 2 unspecified atom stereocenters. The molecule has 2 aliphatic heterocycles. The van der Waals surface area contributed by atoms with Crippen molar-refractivity contribution in [2.45, 2.75) is 24.5 Å². The molecule has 26 heavy (non-hydrogen) atoms. The van der Waals surface area contributed by atoms with Crippen molar-refractivity contribution in [3.8, 4) is 5.75 Å². The Morgan fingerprint density at radius 3 is 2.88 bits per heavy atom. The summed E-state index contributed by atoms with van der Waals surface area (Å²) in [6.45, 7) is 4.17. The fourth-order valence-corrected chi connectivity index (χ4v) is 4.72. The second-order valence-corrected chi connectivity index (χ2v) is 8.18. The quantitative estimate of drug-likeness (QED) is 0.365. The van der Waals surface area contributed by atoms with E-state index in [-0.39, 0.29) is 24.0 Å². The highest BCUT2D eigenvalue weighted by molar-refractivity contribution is 14.0. The maximum absolute atomic E-state index is 5.34. The minimum atomic E-state index is 0. The number of methoxy groups -OCH3 is 1. The molecule has 0 radical (unpaired) electrons. The third-order valence-electron chi connectivity index (χ3n) is 5.01. The number of halogens is 1. The van der Waals surface area contributed by atoms with Crippen LogP contribution in [-0.2, 0) is 0 Å². The van der Waals surface area contributed by atoms with Crippen molar-refractivity contribution in [3.63, 3.8) is 0 Å².